The van der Waals surface area contributed by atoms with Crippen LogP contribution in [0.1, 0.15) is 87.0 Å². The zero-order valence-corrected chi connectivity index (χ0v) is 40.8. The van der Waals surface area contributed by atoms with Crippen LogP contribution in [0.15, 0.2) is 0 Å². The Morgan fingerprint density at radius 2 is 1.10 bits per heavy atom. The van der Waals surface area contributed by atoms with Crippen molar-refractivity contribution >= 4 is 72.8 Å². The average Bonchev–Trinajstić information content (AvgIpc) is 3.28. The maximum Gasteiger partial charge on any atom is 0.305 e. The van der Waals surface area contributed by atoms with E-state index in [2.05, 4.69) is 31.9 Å². The summed E-state index contributed by atoms with van der Waals surface area (Å²) in [5, 5.41) is 33.8. The molecule has 0 aromatic heterocycles. The molecule has 10 atom stereocenters. The fourth-order valence-corrected chi connectivity index (χ4v) is 8.27. The number of nitrogens with two attached hydrogens (primary N) is 2. The second-order valence-electron chi connectivity index (χ2n) is 18.7. The van der Waals surface area contributed by atoms with Gasteiger partial charge in [-0.15, -0.1) is 0 Å². The van der Waals surface area contributed by atoms with Crippen LogP contribution in [0.4, 0.5) is 0 Å². The molecule has 0 spiro atoms. The van der Waals surface area contributed by atoms with Gasteiger partial charge in [-0.05, 0) is 56.8 Å². The van der Waals surface area contributed by atoms with Crippen LogP contribution in [0.2, 0.25) is 0 Å². The molecule has 0 aromatic carbocycles. The summed E-state index contributed by atoms with van der Waals surface area (Å²) in [6.45, 7) is 10.8. The quantitative estimate of drug-likeness (QED) is 0.0131. The second-order valence-corrected chi connectivity index (χ2v) is 18.7. The third-order valence-electron chi connectivity index (χ3n) is 11.5. The van der Waals surface area contributed by atoms with Crippen LogP contribution >= 0.6 is 0 Å². The van der Waals surface area contributed by atoms with Crippen molar-refractivity contribution in [3.05, 3.63) is 0 Å². The van der Waals surface area contributed by atoms with Gasteiger partial charge in [0.05, 0.1) is 42.7 Å². The molecule has 0 aromatic rings. The minimum atomic E-state index is -1.74. The number of guanidine groups is 1. The first kappa shape index (κ1) is 59.5. The van der Waals surface area contributed by atoms with Gasteiger partial charge in [-0.2, -0.15) is 0 Å². The summed E-state index contributed by atoms with van der Waals surface area (Å²) in [7, 11) is 0. The molecule has 0 aliphatic carbocycles. The topological polar surface area (TPSA) is 369 Å². The number of carboxylic acid groups (broad SMARTS) is 1. The van der Waals surface area contributed by atoms with Crippen molar-refractivity contribution in [1.29, 1.82) is 5.41 Å². The van der Waals surface area contributed by atoms with Gasteiger partial charge >= 0.3 is 5.97 Å². The first-order valence-corrected chi connectivity index (χ1v) is 23.4. The average molecular weight is 978 g/mol. The maximum absolute atomic E-state index is 15.3. The van der Waals surface area contributed by atoms with Gasteiger partial charge in [0.1, 0.15) is 37.6 Å². The molecule has 25 nitrogen and oxygen atoms in total. The van der Waals surface area contributed by atoms with Crippen molar-refractivity contribution in [3.63, 3.8) is 0 Å². The molecule has 69 heavy (non-hydrogen) atoms. The lowest BCUT2D eigenvalue weighted by Gasteiger charge is -2.48. The van der Waals surface area contributed by atoms with Crippen molar-refractivity contribution < 1.29 is 57.8 Å². The Labute approximate surface area is 403 Å². The van der Waals surface area contributed by atoms with E-state index in [-0.39, 0.29) is 75.6 Å². The molecule has 0 bridgehead atoms. The van der Waals surface area contributed by atoms with Gasteiger partial charge in [-0.25, -0.2) is 0 Å². The SMILES string of the molecule is CC(=O)[C@H](N[C@H](C=O)CC(C)C)N1CCN(C(=O)[C@H](N[C@H](C=O)CC(C)C)N2CCN(C(=O)[C@@H](CN)N[C@H](C=O)CC(=O)O)[C@@H](N[C@H](C=O)CCCNC(=N)N)C2=O)[C@@H](N[C@H](C=O)CC(C)C)C1=O. The number of piperazine rings is 2. The highest BCUT2D eigenvalue weighted by Crippen LogP contribution is 2.22. The number of carbonyl (C=O) groups is 11. The van der Waals surface area contributed by atoms with Crippen molar-refractivity contribution in [2.45, 2.75) is 148 Å². The molecular weight excluding hydrogens is 903 g/mol. The van der Waals surface area contributed by atoms with Crippen LogP contribution in [0, 0.1) is 23.2 Å². The number of carbonyl (C=O) groups excluding carboxylic acids is 10. The molecule has 2 aliphatic heterocycles. The lowest BCUT2D eigenvalue weighted by Crippen LogP contribution is -2.75. The number of amides is 4. The summed E-state index contributed by atoms with van der Waals surface area (Å²) in [6, 6.07) is -6.78. The number of nitrogens with one attached hydrogen (secondary N) is 7. The highest BCUT2D eigenvalue weighted by Gasteiger charge is 2.49. The highest BCUT2D eigenvalue weighted by molar-refractivity contribution is 5.97. The molecule has 0 saturated carbocycles. The predicted molar refractivity (Wildman–Crippen MR) is 250 cm³/mol. The first-order chi connectivity index (χ1) is 32.6. The van der Waals surface area contributed by atoms with Gasteiger partial charge in [0, 0.05) is 39.3 Å². The monoisotopic (exact) mass is 978 g/mol. The molecule has 388 valence electrons. The van der Waals surface area contributed by atoms with Gasteiger partial charge in [-0.3, -0.25) is 60.8 Å². The molecular formula is C44H75N13O12. The molecule has 2 rings (SSSR count). The Morgan fingerprint density at radius 3 is 1.52 bits per heavy atom. The summed E-state index contributed by atoms with van der Waals surface area (Å²) in [5.74, 6) is -5.88. The van der Waals surface area contributed by atoms with Gasteiger partial charge in [0.15, 0.2) is 30.2 Å². The molecule has 2 saturated heterocycles. The number of nitrogens with zero attached hydrogens (tertiary/aromatic N) is 4. The number of rotatable bonds is 33. The van der Waals surface area contributed by atoms with Crippen LogP contribution in [0.5, 0.6) is 0 Å². The molecule has 25 heteroatoms. The Kier molecular flexibility index (Phi) is 25.4. The van der Waals surface area contributed by atoms with E-state index in [0.29, 0.717) is 37.9 Å². The highest BCUT2D eigenvalue weighted by atomic mass is 16.4. The number of aliphatic carboxylic acids is 1. The molecule has 0 unspecified atom stereocenters. The van der Waals surface area contributed by atoms with E-state index >= 15 is 9.59 Å². The number of hydrogen-bond donors (Lipinski definition) is 10. The minimum absolute atomic E-state index is 0.0360. The maximum atomic E-state index is 15.3. The number of carboxylic acids is 1. The summed E-state index contributed by atoms with van der Waals surface area (Å²) in [5.41, 5.74) is 11.4. The summed E-state index contributed by atoms with van der Waals surface area (Å²) >= 11 is 0. The summed E-state index contributed by atoms with van der Waals surface area (Å²) < 4.78 is 0. The zero-order chi connectivity index (χ0) is 52.1. The van der Waals surface area contributed by atoms with Crippen molar-refractivity contribution in [1.82, 2.24) is 51.5 Å². The van der Waals surface area contributed by atoms with E-state index in [1.54, 1.807) is 0 Å². The molecule has 12 N–H and O–H groups in total. The van der Waals surface area contributed by atoms with E-state index in [4.69, 9.17) is 16.9 Å². The van der Waals surface area contributed by atoms with Crippen LogP contribution < -0.4 is 43.4 Å². The molecule has 4 amide bonds. The van der Waals surface area contributed by atoms with Gasteiger partial charge in [-0.1, -0.05) is 41.5 Å². The van der Waals surface area contributed by atoms with Crippen molar-refractivity contribution in [3.8, 4) is 0 Å². The van der Waals surface area contributed by atoms with Crippen LogP contribution in [0.25, 0.3) is 0 Å². The van der Waals surface area contributed by atoms with E-state index in [1.165, 1.54) is 11.8 Å². The van der Waals surface area contributed by atoms with Gasteiger partial charge in [0.2, 0.25) is 5.91 Å². The second kappa shape index (κ2) is 29.4. The standard InChI is InChI=1S/C44H75N13O12/c1-25(2)15-30(21-59)51-36(28(7)63)54-11-13-56(38(41(54)67)52-31(22-60)16-26(3)4)43(69)39(53-32(23-61)17-27(5)6)57-14-12-55(40(66)34(19-45)49-33(24-62)18-35(64)65)37(42(57)68)50-29(20-58)9-8-10-48-44(46)47/h20-27,29-34,36-39,49-53H,8-19,45H2,1-7H3,(H,64,65)(H4,46,47,48)/t29-,30-,31-,32-,33-,34+,36+,37+,38+,39+/m0/s1. The minimum Gasteiger partial charge on any atom is -0.481 e. The van der Waals surface area contributed by atoms with Crippen LogP contribution in [-0.2, 0) is 52.7 Å². The largest absolute Gasteiger partial charge is 0.481 e. The molecule has 2 fully saturated rings. The van der Waals surface area contributed by atoms with E-state index in [1.807, 2.05) is 41.5 Å². The first-order valence-electron chi connectivity index (χ1n) is 23.4. The van der Waals surface area contributed by atoms with Crippen LogP contribution in [-0.4, -0.2) is 198 Å². The third-order valence-corrected chi connectivity index (χ3v) is 11.5. The number of Topliss-reactive ketones (excluding diaryl/α,β-unsaturated/α-hetero) is 1. The smallest absolute Gasteiger partial charge is 0.305 e. The molecule has 0 radical (unpaired) electrons. The number of ketones is 1. The van der Waals surface area contributed by atoms with Gasteiger partial charge < -0.3 is 65.5 Å². The Morgan fingerprint density at radius 1 is 0.667 bits per heavy atom. The van der Waals surface area contributed by atoms with E-state index < -0.39 is 116 Å². The lowest BCUT2D eigenvalue weighted by molar-refractivity contribution is -0.168. The Hall–Kier alpha value is -5.60. The Balaban J connectivity index is 2.81. The van der Waals surface area contributed by atoms with E-state index in [9.17, 15) is 48.3 Å². The number of hydrogen-bond acceptors (Lipinski definition) is 18. The normalized spacial score (nSPS) is 20.1. The summed E-state index contributed by atoms with van der Waals surface area (Å²) in [6.07, 6.45) is -3.49. The molecule has 2 aliphatic rings. The fraction of sp³-hybridized carbons (Fsp3) is 0.727. The van der Waals surface area contributed by atoms with Crippen molar-refractivity contribution in [2.75, 3.05) is 39.3 Å². The third kappa shape index (κ3) is 18.3. The predicted octanol–water partition coefficient (Wildman–Crippen LogP) is -3.79. The van der Waals surface area contributed by atoms with Crippen molar-refractivity contribution in [2.24, 2.45) is 29.2 Å². The zero-order valence-electron chi connectivity index (χ0n) is 40.8. The fourth-order valence-electron chi connectivity index (χ4n) is 8.27. The Bertz CT molecular complexity index is 1800. The molecule has 2 heterocycles. The van der Waals surface area contributed by atoms with Gasteiger partial charge in [0.25, 0.3) is 17.7 Å². The lowest BCUT2D eigenvalue weighted by atomic mass is 10.0. The number of aldehydes is 5. The van der Waals surface area contributed by atoms with Crippen LogP contribution in [0.3, 0.4) is 0 Å². The van der Waals surface area contributed by atoms with E-state index in [0.717, 1.165) is 14.7 Å². The summed E-state index contributed by atoms with van der Waals surface area (Å²) in [4.78, 5) is 150.